The number of amides is 1. The maximum atomic E-state index is 13.0. The maximum Gasteiger partial charge on any atom is 0.272 e. The molecule has 1 aliphatic rings. The highest BCUT2D eigenvalue weighted by Gasteiger charge is 2.27. The van der Waals surface area contributed by atoms with Gasteiger partial charge in [-0.25, -0.2) is 9.97 Å². The quantitative estimate of drug-likeness (QED) is 0.721. The predicted molar refractivity (Wildman–Crippen MR) is 97.1 cm³/mol. The minimum Gasteiger partial charge on any atom is -0.337 e. The van der Waals surface area contributed by atoms with E-state index in [-0.39, 0.29) is 11.5 Å². The molecule has 0 radical (unpaired) electrons. The largest absolute Gasteiger partial charge is 0.337 e. The van der Waals surface area contributed by atoms with Crippen LogP contribution in [0.4, 0.5) is 0 Å². The van der Waals surface area contributed by atoms with Crippen molar-refractivity contribution in [3.8, 4) is 0 Å². The minimum absolute atomic E-state index is 0.0261. The number of aryl methyl sites for hydroxylation is 1. The molecule has 0 aliphatic carbocycles. The molecular weight excluding hydrogens is 330 g/mol. The van der Waals surface area contributed by atoms with Gasteiger partial charge in [0.05, 0.1) is 12.0 Å². The van der Waals surface area contributed by atoms with Gasteiger partial charge in [0.2, 0.25) is 0 Å². The van der Waals surface area contributed by atoms with Crippen molar-refractivity contribution < 1.29 is 4.79 Å². The number of fused-ring (bicyclic) bond motifs is 1. The zero-order valence-electron chi connectivity index (χ0n) is 14.7. The zero-order valence-corrected chi connectivity index (χ0v) is 14.7. The van der Waals surface area contributed by atoms with E-state index in [1.165, 1.54) is 12.3 Å². The van der Waals surface area contributed by atoms with Gasteiger partial charge < -0.3 is 4.90 Å². The van der Waals surface area contributed by atoms with Crippen LogP contribution in [0, 0.1) is 12.8 Å². The topological polar surface area (TPSA) is 72.5 Å². The average Bonchev–Trinajstić information content (AvgIpc) is 2.99. The van der Waals surface area contributed by atoms with Gasteiger partial charge in [-0.15, -0.1) is 0 Å². The lowest BCUT2D eigenvalue weighted by Crippen LogP contribution is -2.40. The van der Waals surface area contributed by atoms with Gasteiger partial charge in [0.25, 0.3) is 11.5 Å². The number of imidazole rings is 1. The fourth-order valence-electron chi connectivity index (χ4n) is 3.63. The van der Waals surface area contributed by atoms with E-state index < -0.39 is 0 Å². The van der Waals surface area contributed by atoms with E-state index in [4.69, 9.17) is 0 Å². The third-order valence-corrected chi connectivity index (χ3v) is 5.06. The third kappa shape index (κ3) is 3.00. The molecule has 1 aliphatic heterocycles. The number of hydrogen-bond donors (Lipinski definition) is 0. The Bertz CT molecular complexity index is 998. The highest BCUT2D eigenvalue weighted by molar-refractivity contribution is 5.94. The summed E-state index contributed by atoms with van der Waals surface area (Å²) in [6, 6.07) is 7.21. The summed E-state index contributed by atoms with van der Waals surface area (Å²) in [6.07, 6.45) is 6.73. The maximum absolute atomic E-state index is 13.0. The molecule has 3 aromatic heterocycles. The number of pyridine rings is 1. The normalized spacial score (nSPS) is 15.5. The fourth-order valence-corrected chi connectivity index (χ4v) is 3.63. The molecule has 0 spiro atoms. The van der Waals surface area contributed by atoms with Gasteiger partial charge >= 0.3 is 0 Å². The molecule has 3 aromatic rings. The first kappa shape index (κ1) is 16.5. The minimum atomic E-state index is -0.0279. The van der Waals surface area contributed by atoms with Gasteiger partial charge in [0.15, 0.2) is 0 Å². The molecule has 4 rings (SSSR count). The van der Waals surface area contributed by atoms with Crippen LogP contribution in [0.2, 0.25) is 0 Å². The van der Waals surface area contributed by atoms with Crippen LogP contribution in [0.1, 0.15) is 29.0 Å². The van der Waals surface area contributed by atoms with Crippen LogP contribution in [0.15, 0.2) is 47.8 Å². The van der Waals surface area contributed by atoms with Gasteiger partial charge in [0, 0.05) is 38.1 Å². The third-order valence-electron chi connectivity index (χ3n) is 5.06. The number of likely N-dealkylation sites (tertiary alicyclic amines) is 1. The first-order valence-electron chi connectivity index (χ1n) is 8.87. The lowest BCUT2D eigenvalue weighted by molar-refractivity contribution is 0.0674. The summed E-state index contributed by atoms with van der Waals surface area (Å²) in [5, 5.41) is 0. The second kappa shape index (κ2) is 6.74. The Kier molecular flexibility index (Phi) is 4.28. The Morgan fingerprint density at radius 1 is 1.23 bits per heavy atom. The number of hydrogen-bond acceptors (Lipinski definition) is 4. The number of piperidine rings is 1. The summed E-state index contributed by atoms with van der Waals surface area (Å²) >= 11 is 0. The van der Waals surface area contributed by atoms with Gasteiger partial charge in [-0.1, -0.05) is 6.07 Å². The number of nitrogens with zero attached hydrogens (tertiary/aromatic N) is 5. The van der Waals surface area contributed by atoms with Gasteiger partial charge in [-0.05, 0) is 37.8 Å². The van der Waals surface area contributed by atoms with Crippen molar-refractivity contribution in [1.29, 1.82) is 0 Å². The molecule has 1 saturated heterocycles. The standard InChI is InChI=1S/C19H21N5O2/c1-14-18(24-9-3-2-4-16(24)21-14)19(26)22-10-6-15(7-11-22)12-23-13-20-8-5-17(23)25/h2-5,8-9,13,15H,6-7,10-12H2,1H3. The van der Waals surface area contributed by atoms with E-state index in [2.05, 4.69) is 9.97 Å². The molecule has 7 nitrogen and oxygen atoms in total. The number of aromatic nitrogens is 4. The molecule has 26 heavy (non-hydrogen) atoms. The van der Waals surface area contributed by atoms with Crippen molar-refractivity contribution in [2.75, 3.05) is 13.1 Å². The van der Waals surface area contributed by atoms with Crippen LogP contribution in [-0.2, 0) is 6.54 Å². The van der Waals surface area contributed by atoms with Crippen LogP contribution in [0.25, 0.3) is 5.65 Å². The SMILES string of the molecule is Cc1nc2ccccn2c1C(=O)N1CCC(Cn2cnccc2=O)CC1. The van der Waals surface area contributed by atoms with E-state index in [1.54, 1.807) is 10.9 Å². The fraction of sp³-hybridized carbons (Fsp3) is 0.368. The molecule has 0 bridgehead atoms. The average molecular weight is 351 g/mol. The Morgan fingerprint density at radius 2 is 2.04 bits per heavy atom. The molecule has 0 atom stereocenters. The Morgan fingerprint density at radius 3 is 2.81 bits per heavy atom. The van der Waals surface area contributed by atoms with Crippen LogP contribution in [-0.4, -0.2) is 42.8 Å². The van der Waals surface area contributed by atoms with Crippen molar-refractivity contribution in [3.05, 3.63) is 64.7 Å². The Hall–Kier alpha value is -2.96. The lowest BCUT2D eigenvalue weighted by Gasteiger charge is -2.32. The summed E-state index contributed by atoms with van der Waals surface area (Å²) in [7, 11) is 0. The summed E-state index contributed by atoms with van der Waals surface area (Å²) in [4.78, 5) is 35.2. The highest BCUT2D eigenvalue weighted by Crippen LogP contribution is 2.22. The number of carbonyl (C=O) groups excluding carboxylic acids is 1. The lowest BCUT2D eigenvalue weighted by atomic mass is 9.96. The van der Waals surface area contributed by atoms with Crippen LogP contribution in [0.3, 0.4) is 0 Å². The van der Waals surface area contributed by atoms with E-state index in [0.29, 0.717) is 31.2 Å². The first-order valence-corrected chi connectivity index (χ1v) is 8.87. The molecule has 0 N–H and O–H groups in total. The van der Waals surface area contributed by atoms with Crippen molar-refractivity contribution in [2.24, 2.45) is 5.92 Å². The molecule has 1 fully saturated rings. The van der Waals surface area contributed by atoms with Crippen molar-refractivity contribution in [3.63, 3.8) is 0 Å². The van der Waals surface area contributed by atoms with E-state index in [9.17, 15) is 9.59 Å². The number of rotatable bonds is 3. The second-order valence-corrected chi connectivity index (χ2v) is 6.78. The first-order chi connectivity index (χ1) is 12.6. The monoisotopic (exact) mass is 351 g/mol. The van der Waals surface area contributed by atoms with Crippen LogP contribution < -0.4 is 5.56 Å². The molecule has 0 aromatic carbocycles. The van der Waals surface area contributed by atoms with E-state index >= 15 is 0 Å². The van der Waals surface area contributed by atoms with Crippen LogP contribution >= 0.6 is 0 Å². The summed E-state index contributed by atoms with van der Waals surface area (Å²) in [5.41, 5.74) is 2.16. The van der Waals surface area contributed by atoms with Crippen molar-refractivity contribution in [1.82, 2.24) is 23.8 Å². The van der Waals surface area contributed by atoms with E-state index in [1.807, 2.05) is 40.6 Å². The summed E-state index contributed by atoms with van der Waals surface area (Å²) in [5.74, 6) is 0.405. The summed E-state index contributed by atoms with van der Waals surface area (Å²) in [6.45, 7) is 3.92. The molecule has 0 saturated carbocycles. The van der Waals surface area contributed by atoms with Gasteiger partial charge in [-0.3, -0.25) is 18.6 Å². The highest BCUT2D eigenvalue weighted by atomic mass is 16.2. The molecule has 134 valence electrons. The van der Waals surface area contributed by atoms with Gasteiger partial charge in [-0.2, -0.15) is 0 Å². The predicted octanol–water partition coefficient (Wildman–Crippen LogP) is 1.75. The summed E-state index contributed by atoms with van der Waals surface area (Å²) < 4.78 is 3.51. The molecule has 0 unspecified atom stereocenters. The second-order valence-electron chi connectivity index (χ2n) is 6.78. The molecule has 1 amide bonds. The Balaban J connectivity index is 1.46. The smallest absolute Gasteiger partial charge is 0.272 e. The molecular formula is C19H21N5O2. The van der Waals surface area contributed by atoms with Crippen molar-refractivity contribution >= 4 is 11.6 Å². The Labute approximate surface area is 150 Å². The van der Waals surface area contributed by atoms with Gasteiger partial charge in [0.1, 0.15) is 11.3 Å². The van der Waals surface area contributed by atoms with Crippen molar-refractivity contribution in [2.45, 2.75) is 26.3 Å². The van der Waals surface area contributed by atoms with E-state index in [0.717, 1.165) is 24.2 Å². The molecule has 7 heteroatoms. The molecule has 4 heterocycles. The number of carbonyl (C=O) groups is 1. The van der Waals surface area contributed by atoms with Crippen LogP contribution in [0.5, 0.6) is 0 Å². The zero-order chi connectivity index (χ0) is 18.1.